The lowest BCUT2D eigenvalue weighted by molar-refractivity contribution is 0.0962. The van der Waals surface area contributed by atoms with E-state index < -0.39 is 11.6 Å². The lowest BCUT2D eigenvalue weighted by Gasteiger charge is -2.34. The highest BCUT2D eigenvalue weighted by molar-refractivity contribution is 5.97. The summed E-state index contributed by atoms with van der Waals surface area (Å²) in [7, 11) is 1.56. The Hall–Kier alpha value is -2.04. The average Bonchev–Trinajstić information content (AvgIpc) is 2.34. The molecule has 5 heteroatoms. The molecule has 1 rings (SSSR count). The van der Waals surface area contributed by atoms with Gasteiger partial charge in [-0.3, -0.25) is 9.69 Å². The Morgan fingerprint density at radius 3 is 1.95 bits per heavy atom. The van der Waals surface area contributed by atoms with E-state index in [0.29, 0.717) is 11.3 Å². The van der Waals surface area contributed by atoms with Gasteiger partial charge in [0.05, 0.1) is 0 Å². The molecule has 0 aliphatic carbocycles. The Bertz CT molecular complexity index is 581. The second-order valence-corrected chi connectivity index (χ2v) is 7.39. The quantitative estimate of drug-likeness (QED) is 0.876. The summed E-state index contributed by atoms with van der Waals surface area (Å²) in [6.45, 7) is 11.6. The summed E-state index contributed by atoms with van der Waals surface area (Å²) in [5.41, 5.74) is 1.08. The van der Waals surface area contributed by atoms with Gasteiger partial charge in [-0.05, 0) is 49.9 Å². The van der Waals surface area contributed by atoms with E-state index in [1.165, 1.54) is 4.90 Å². The summed E-state index contributed by atoms with van der Waals surface area (Å²) in [5, 5.41) is 12.2. The third-order valence-electron chi connectivity index (χ3n) is 3.39. The van der Waals surface area contributed by atoms with Crippen molar-refractivity contribution >= 4 is 17.7 Å². The molecule has 0 radical (unpaired) electrons. The van der Waals surface area contributed by atoms with Crippen LogP contribution < -0.4 is 10.2 Å². The maximum absolute atomic E-state index is 12.0. The Morgan fingerprint density at radius 2 is 1.59 bits per heavy atom. The lowest BCUT2D eigenvalue weighted by atomic mass is 9.85. The monoisotopic (exact) mass is 306 g/mol. The minimum Gasteiger partial charge on any atom is -0.465 e. The van der Waals surface area contributed by atoms with E-state index in [4.69, 9.17) is 0 Å². The third-order valence-corrected chi connectivity index (χ3v) is 3.39. The van der Waals surface area contributed by atoms with Crippen LogP contribution in [-0.4, -0.2) is 29.7 Å². The van der Waals surface area contributed by atoms with E-state index in [2.05, 4.69) is 5.32 Å². The van der Waals surface area contributed by atoms with E-state index in [1.807, 2.05) is 53.7 Å². The van der Waals surface area contributed by atoms with Crippen LogP contribution in [-0.2, 0) is 5.41 Å². The van der Waals surface area contributed by atoms with Crippen molar-refractivity contribution in [3.8, 4) is 0 Å². The van der Waals surface area contributed by atoms with Gasteiger partial charge in [0, 0.05) is 23.8 Å². The molecule has 0 spiro atoms. The van der Waals surface area contributed by atoms with Crippen LogP contribution in [0.15, 0.2) is 18.2 Å². The largest absolute Gasteiger partial charge is 0.465 e. The fraction of sp³-hybridized carbons (Fsp3) is 0.529. The second kappa shape index (κ2) is 5.99. The van der Waals surface area contributed by atoms with Gasteiger partial charge >= 0.3 is 6.09 Å². The first kappa shape index (κ1) is 18.0. The molecule has 1 aromatic rings. The van der Waals surface area contributed by atoms with Crippen LogP contribution in [0.1, 0.15) is 57.5 Å². The van der Waals surface area contributed by atoms with Crippen molar-refractivity contribution in [1.82, 2.24) is 5.32 Å². The van der Waals surface area contributed by atoms with Crippen LogP contribution in [0.25, 0.3) is 0 Å². The van der Waals surface area contributed by atoms with Gasteiger partial charge in [-0.2, -0.15) is 0 Å². The zero-order valence-electron chi connectivity index (χ0n) is 14.4. The SMILES string of the molecule is CNC(=O)c1cc(N(C(=O)O)C(C)(C)C)cc(C(C)(C)C)c1. The Kier molecular flexibility index (Phi) is 4.90. The van der Waals surface area contributed by atoms with Crippen molar-refractivity contribution in [2.24, 2.45) is 0 Å². The van der Waals surface area contributed by atoms with Gasteiger partial charge in [-0.1, -0.05) is 20.8 Å². The van der Waals surface area contributed by atoms with Crippen LogP contribution in [0.5, 0.6) is 0 Å². The van der Waals surface area contributed by atoms with Crippen LogP contribution in [0.2, 0.25) is 0 Å². The molecule has 0 fully saturated rings. The number of benzene rings is 1. The topological polar surface area (TPSA) is 69.6 Å². The highest BCUT2D eigenvalue weighted by atomic mass is 16.4. The second-order valence-electron chi connectivity index (χ2n) is 7.39. The number of anilines is 1. The highest BCUT2D eigenvalue weighted by Crippen LogP contribution is 2.31. The number of hydrogen-bond acceptors (Lipinski definition) is 2. The summed E-state index contributed by atoms with van der Waals surface area (Å²) >= 11 is 0. The number of nitrogens with zero attached hydrogens (tertiary/aromatic N) is 1. The molecule has 0 atom stereocenters. The number of carboxylic acid groups (broad SMARTS) is 1. The van der Waals surface area contributed by atoms with Gasteiger partial charge in [0.25, 0.3) is 5.91 Å². The van der Waals surface area contributed by atoms with Crippen molar-refractivity contribution in [2.45, 2.75) is 52.5 Å². The zero-order chi connectivity index (χ0) is 17.3. The van der Waals surface area contributed by atoms with E-state index in [0.717, 1.165) is 5.56 Å². The molecule has 2 amide bonds. The maximum Gasteiger partial charge on any atom is 0.412 e. The fourth-order valence-corrected chi connectivity index (χ4v) is 2.23. The van der Waals surface area contributed by atoms with Crippen LogP contribution in [0.4, 0.5) is 10.5 Å². The van der Waals surface area contributed by atoms with Crippen molar-refractivity contribution in [2.75, 3.05) is 11.9 Å². The summed E-state index contributed by atoms with van der Waals surface area (Å²) in [4.78, 5) is 25.0. The van der Waals surface area contributed by atoms with Gasteiger partial charge in [-0.15, -0.1) is 0 Å². The fourth-order valence-electron chi connectivity index (χ4n) is 2.23. The van der Waals surface area contributed by atoms with Gasteiger partial charge in [-0.25, -0.2) is 4.79 Å². The van der Waals surface area contributed by atoms with Gasteiger partial charge in [0.2, 0.25) is 0 Å². The number of carbonyl (C=O) groups excluding carboxylic acids is 1. The summed E-state index contributed by atoms with van der Waals surface area (Å²) < 4.78 is 0. The maximum atomic E-state index is 12.0. The minimum absolute atomic E-state index is 0.194. The highest BCUT2D eigenvalue weighted by Gasteiger charge is 2.29. The molecular formula is C17H26N2O3. The molecule has 0 aliphatic rings. The smallest absolute Gasteiger partial charge is 0.412 e. The van der Waals surface area contributed by atoms with Crippen molar-refractivity contribution in [1.29, 1.82) is 0 Å². The van der Waals surface area contributed by atoms with Crippen LogP contribution in [0, 0.1) is 0 Å². The molecule has 2 N–H and O–H groups in total. The molecule has 5 nitrogen and oxygen atoms in total. The Morgan fingerprint density at radius 1 is 1.05 bits per heavy atom. The molecule has 22 heavy (non-hydrogen) atoms. The van der Waals surface area contributed by atoms with E-state index in [9.17, 15) is 14.7 Å². The minimum atomic E-state index is -1.04. The van der Waals surface area contributed by atoms with Crippen LogP contribution in [0.3, 0.4) is 0 Å². The van der Waals surface area contributed by atoms with Crippen molar-refractivity contribution in [3.05, 3.63) is 29.3 Å². The molecule has 0 bridgehead atoms. The Labute approximate surface area is 132 Å². The molecule has 122 valence electrons. The first-order valence-corrected chi connectivity index (χ1v) is 7.28. The molecular weight excluding hydrogens is 280 g/mol. The normalized spacial score (nSPS) is 12.0. The first-order valence-electron chi connectivity index (χ1n) is 7.28. The number of nitrogens with one attached hydrogen (secondary N) is 1. The van der Waals surface area contributed by atoms with E-state index in [-0.39, 0.29) is 11.3 Å². The molecule has 0 unspecified atom stereocenters. The molecule has 0 saturated heterocycles. The number of carbonyl (C=O) groups is 2. The van der Waals surface area contributed by atoms with E-state index >= 15 is 0 Å². The summed E-state index contributed by atoms with van der Waals surface area (Å²) in [6, 6.07) is 5.27. The zero-order valence-corrected chi connectivity index (χ0v) is 14.4. The summed E-state index contributed by atoms with van der Waals surface area (Å²) in [6.07, 6.45) is -1.04. The predicted molar refractivity (Wildman–Crippen MR) is 88.8 cm³/mol. The standard InChI is InChI=1S/C17H26N2O3/c1-16(2,3)12-8-11(14(20)18-7)9-13(10-12)19(15(21)22)17(4,5)6/h8-10H,1-7H3,(H,18,20)(H,21,22). The summed E-state index contributed by atoms with van der Waals surface area (Å²) in [5.74, 6) is -0.230. The molecule has 0 aromatic heterocycles. The Balaban J connectivity index is 3.59. The van der Waals surface area contributed by atoms with Crippen molar-refractivity contribution in [3.63, 3.8) is 0 Å². The number of rotatable bonds is 2. The predicted octanol–water partition coefficient (Wildman–Crippen LogP) is 3.63. The van der Waals surface area contributed by atoms with Crippen LogP contribution >= 0.6 is 0 Å². The third kappa shape index (κ3) is 4.00. The van der Waals surface area contributed by atoms with Crippen molar-refractivity contribution < 1.29 is 14.7 Å². The van der Waals surface area contributed by atoms with E-state index in [1.54, 1.807) is 13.1 Å². The van der Waals surface area contributed by atoms with Gasteiger partial charge < -0.3 is 10.4 Å². The molecule has 0 heterocycles. The molecule has 0 saturated carbocycles. The molecule has 0 aliphatic heterocycles. The number of hydrogen-bond donors (Lipinski definition) is 2. The average molecular weight is 306 g/mol. The lowest BCUT2D eigenvalue weighted by Crippen LogP contribution is -2.45. The molecule has 1 aromatic carbocycles. The van der Waals surface area contributed by atoms with Gasteiger partial charge in [0.1, 0.15) is 0 Å². The first-order chi connectivity index (χ1) is 9.87. The van der Waals surface area contributed by atoms with Gasteiger partial charge in [0.15, 0.2) is 0 Å². The number of amides is 2.